The lowest BCUT2D eigenvalue weighted by molar-refractivity contribution is 0.0655. The van der Waals surface area contributed by atoms with Gasteiger partial charge in [0.15, 0.2) is 5.60 Å². The molecule has 0 bridgehead atoms. The fraction of sp³-hybridized carbons (Fsp3) is 0.312. The first-order chi connectivity index (χ1) is 11.8. The van der Waals surface area contributed by atoms with Crippen LogP contribution in [0.25, 0.3) is 0 Å². The second kappa shape index (κ2) is 6.41. The van der Waals surface area contributed by atoms with Crippen molar-refractivity contribution in [3.63, 3.8) is 0 Å². The van der Waals surface area contributed by atoms with E-state index in [9.17, 15) is 13.5 Å². The molecule has 0 fully saturated rings. The van der Waals surface area contributed by atoms with Gasteiger partial charge in [0, 0.05) is 11.9 Å². The highest BCUT2D eigenvalue weighted by atomic mass is 32.2. The first-order valence-electron chi connectivity index (χ1n) is 7.56. The monoisotopic (exact) mass is 381 g/mol. The third-order valence-corrected chi connectivity index (χ3v) is 6.76. The molecule has 3 heterocycles. The second-order valence-corrected chi connectivity index (χ2v) is 8.41. The summed E-state index contributed by atoms with van der Waals surface area (Å²) >= 11 is 1.32. The maximum atomic E-state index is 12.8. The summed E-state index contributed by atoms with van der Waals surface area (Å²) in [7, 11) is -2.16. The molecule has 9 heteroatoms. The first kappa shape index (κ1) is 17.9. The zero-order chi connectivity index (χ0) is 18.2. The Morgan fingerprint density at radius 3 is 2.64 bits per heavy atom. The maximum absolute atomic E-state index is 12.8. The van der Waals surface area contributed by atoms with Crippen LogP contribution in [0.3, 0.4) is 0 Å². The Morgan fingerprint density at radius 2 is 2.12 bits per heavy atom. The molecular formula is C16H19N3O4S2. The minimum Gasteiger partial charge on any atom is -0.466 e. The summed E-state index contributed by atoms with van der Waals surface area (Å²) in [5, 5.41) is 17.1. The van der Waals surface area contributed by atoms with Gasteiger partial charge in [-0.15, -0.1) is 11.3 Å². The number of hydrogen-bond donors (Lipinski definition) is 2. The lowest BCUT2D eigenvalue weighted by Gasteiger charge is -2.25. The standard InChI is InChI=1S/C16H19N3O4S2/c1-11-15(12(2)19(3)18-11)25(21,22)17-10-16(20,13-6-4-8-23-13)14-7-5-9-24-14/h4-9,17,20H,10H2,1-3H3/t16-/m1/s1. The molecule has 2 N–H and O–H groups in total. The minimum atomic E-state index is -3.85. The quantitative estimate of drug-likeness (QED) is 0.680. The minimum absolute atomic E-state index is 0.128. The molecule has 0 saturated carbocycles. The Balaban J connectivity index is 1.94. The number of aliphatic hydroxyl groups is 1. The molecule has 0 amide bonds. The van der Waals surface area contributed by atoms with Gasteiger partial charge in [-0.05, 0) is 37.4 Å². The normalized spacial score (nSPS) is 14.6. The van der Waals surface area contributed by atoms with Crippen LogP contribution in [0.2, 0.25) is 0 Å². The van der Waals surface area contributed by atoms with E-state index in [0.717, 1.165) is 0 Å². The number of furan rings is 1. The van der Waals surface area contributed by atoms with E-state index in [1.807, 2.05) is 5.38 Å². The van der Waals surface area contributed by atoms with Crippen LogP contribution < -0.4 is 4.72 Å². The number of rotatable bonds is 6. The molecule has 7 nitrogen and oxygen atoms in total. The Labute approximate surface area is 150 Å². The molecule has 134 valence electrons. The van der Waals surface area contributed by atoms with Gasteiger partial charge in [-0.2, -0.15) is 5.10 Å². The van der Waals surface area contributed by atoms with Crippen LogP contribution in [0, 0.1) is 13.8 Å². The summed E-state index contributed by atoms with van der Waals surface area (Å²) in [4.78, 5) is 0.716. The second-order valence-electron chi connectivity index (χ2n) is 5.76. The van der Waals surface area contributed by atoms with E-state index in [2.05, 4.69) is 9.82 Å². The zero-order valence-electron chi connectivity index (χ0n) is 14.1. The number of nitrogens with one attached hydrogen (secondary N) is 1. The molecule has 1 atom stereocenters. The van der Waals surface area contributed by atoms with Gasteiger partial charge in [0.25, 0.3) is 0 Å². The van der Waals surface area contributed by atoms with Crippen LogP contribution in [0.4, 0.5) is 0 Å². The van der Waals surface area contributed by atoms with E-state index in [4.69, 9.17) is 4.42 Å². The number of hydrogen-bond acceptors (Lipinski definition) is 6. The van der Waals surface area contributed by atoms with Gasteiger partial charge in [0.1, 0.15) is 10.7 Å². The van der Waals surface area contributed by atoms with Crippen molar-refractivity contribution in [2.45, 2.75) is 24.3 Å². The van der Waals surface area contributed by atoms with Crippen LogP contribution in [0.5, 0.6) is 0 Å². The van der Waals surface area contributed by atoms with E-state index in [1.54, 1.807) is 45.2 Å². The Morgan fingerprint density at radius 1 is 1.36 bits per heavy atom. The molecule has 0 spiro atoms. The highest BCUT2D eigenvalue weighted by Crippen LogP contribution is 2.33. The number of thiophene rings is 1. The third kappa shape index (κ3) is 3.15. The summed E-state index contributed by atoms with van der Waals surface area (Å²) in [6.45, 7) is 3.07. The molecule has 0 saturated heterocycles. The lowest BCUT2D eigenvalue weighted by atomic mass is 9.99. The van der Waals surface area contributed by atoms with Crippen molar-refractivity contribution in [2.24, 2.45) is 7.05 Å². The molecule has 25 heavy (non-hydrogen) atoms. The van der Waals surface area contributed by atoms with Crippen molar-refractivity contribution in [2.75, 3.05) is 6.54 Å². The number of sulfonamides is 1. The number of aryl methyl sites for hydroxylation is 2. The van der Waals surface area contributed by atoms with Crippen LogP contribution in [-0.2, 0) is 22.7 Å². The predicted octanol–water partition coefficient (Wildman–Crippen LogP) is 1.91. The van der Waals surface area contributed by atoms with Gasteiger partial charge in [-0.3, -0.25) is 4.68 Å². The van der Waals surface area contributed by atoms with Crippen LogP contribution in [0.1, 0.15) is 22.0 Å². The van der Waals surface area contributed by atoms with E-state index in [-0.39, 0.29) is 17.2 Å². The summed E-state index contributed by atoms with van der Waals surface area (Å²) in [5.41, 5.74) is -0.651. The summed E-state index contributed by atoms with van der Waals surface area (Å²) in [6, 6.07) is 6.80. The SMILES string of the molecule is Cc1nn(C)c(C)c1S(=O)(=O)NC[C@@](O)(c1ccco1)c1cccs1. The van der Waals surface area contributed by atoms with Gasteiger partial charge < -0.3 is 9.52 Å². The largest absolute Gasteiger partial charge is 0.466 e. The zero-order valence-corrected chi connectivity index (χ0v) is 15.7. The molecule has 0 aromatic carbocycles. The molecule has 0 aliphatic rings. The summed E-state index contributed by atoms with van der Waals surface area (Å²) in [5.74, 6) is 0.275. The van der Waals surface area contributed by atoms with Crippen LogP contribution in [-0.4, -0.2) is 29.8 Å². The van der Waals surface area contributed by atoms with E-state index in [0.29, 0.717) is 16.3 Å². The van der Waals surface area contributed by atoms with Crippen molar-refractivity contribution in [3.05, 3.63) is 57.9 Å². The maximum Gasteiger partial charge on any atom is 0.244 e. The van der Waals surface area contributed by atoms with Gasteiger partial charge in [0.05, 0.1) is 24.2 Å². The summed E-state index contributed by atoms with van der Waals surface area (Å²) < 4.78 is 34.9. The Hall–Kier alpha value is -1.94. The molecule has 3 rings (SSSR count). The van der Waals surface area contributed by atoms with Crippen molar-refractivity contribution < 1.29 is 17.9 Å². The molecule has 3 aromatic heterocycles. The van der Waals surface area contributed by atoms with Crippen LogP contribution in [0.15, 0.2) is 45.2 Å². The Kier molecular flexibility index (Phi) is 4.58. The van der Waals surface area contributed by atoms with Crippen molar-refractivity contribution in [3.8, 4) is 0 Å². The van der Waals surface area contributed by atoms with Crippen molar-refractivity contribution in [1.29, 1.82) is 0 Å². The predicted molar refractivity (Wildman–Crippen MR) is 93.9 cm³/mol. The average Bonchev–Trinajstić information content (AvgIpc) is 3.28. The van der Waals surface area contributed by atoms with E-state index < -0.39 is 15.6 Å². The molecule has 0 unspecified atom stereocenters. The first-order valence-corrected chi connectivity index (χ1v) is 9.92. The van der Waals surface area contributed by atoms with Gasteiger partial charge >= 0.3 is 0 Å². The summed E-state index contributed by atoms with van der Waals surface area (Å²) in [6.07, 6.45) is 1.44. The topological polar surface area (TPSA) is 97.4 Å². The lowest BCUT2D eigenvalue weighted by Crippen LogP contribution is -2.41. The smallest absolute Gasteiger partial charge is 0.244 e. The number of aromatic nitrogens is 2. The highest BCUT2D eigenvalue weighted by Gasteiger charge is 2.37. The fourth-order valence-corrected chi connectivity index (χ4v) is 5.06. The molecule has 0 aliphatic carbocycles. The Bertz CT molecular complexity index is 923. The van der Waals surface area contributed by atoms with Gasteiger partial charge in [0.2, 0.25) is 10.0 Å². The van der Waals surface area contributed by atoms with Crippen molar-refractivity contribution >= 4 is 21.4 Å². The molecule has 0 aliphatic heterocycles. The van der Waals surface area contributed by atoms with Gasteiger partial charge in [-0.25, -0.2) is 13.1 Å². The van der Waals surface area contributed by atoms with Gasteiger partial charge in [-0.1, -0.05) is 6.07 Å². The fourth-order valence-electron chi connectivity index (χ4n) is 2.74. The highest BCUT2D eigenvalue weighted by molar-refractivity contribution is 7.89. The van der Waals surface area contributed by atoms with Crippen LogP contribution >= 0.6 is 11.3 Å². The average molecular weight is 381 g/mol. The molecular weight excluding hydrogens is 362 g/mol. The van der Waals surface area contributed by atoms with Crippen molar-refractivity contribution in [1.82, 2.24) is 14.5 Å². The van der Waals surface area contributed by atoms with E-state index >= 15 is 0 Å². The van der Waals surface area contributed by atoms with E-state index in [1.165, 1.54) is 22.3 Å². The third-order valence-electron chi connectivity index (χ3n) is 4.09. The number of nitrogens with zero attached hydrogens (tertiary/aromatic N) is 2. The molecule has 3 aromatic rings. The molecule has 0 radical (unpaired) electrons.